The van der Waals surface area contributed by atoms with Gasteiger partial charge in [0.05, 0.1) is 18.9 Å². The number of hydrazine groups is 1. The van der Waals surface area contributed by atoms with Crippen LogP contribution in [-0.4, -0.2) is 25.4 Å². The SMILES string of the molecule is NNC(COCC(F)(F)F)Cc1ccco1. The molecular weight excluding hydrogens is 225 g/mol. The van der Waals surface area contributed by atoms with Crippen LogP contribution in [0.5, 0.6) is 0 Å². The van der Waals surface area contributed by atoms with E-state index in [9.17, 15) is 13.2 Å². The van der Waals surface area contributed by atoms with E-state index in [0.29, 0.717) is 12.2 Å². The Morgan fingerprint density at radius 3 is 2.75 bits per heavy atom. The van der Waals surface area contributed by atoms with Crippen LogP contribution < -0.4 is 11.3 Å². The summed E-state index contributed by atoms with van der Waals surface area (Å²) in [5, 5.41) is 0. The van der Waals surface area contributed by atoms with E-state index in [2.05, 4.69) is 10.2 Å². The summed E-state index contributed by atoms with van der Waals surface area (Å²) in [6.45, 7) is -1.40. The Kier molecular flexibility index (Phi) is 4.78. The molecule has 1 atom stereocenters. The van der Waals surface area contributed by atoms with E-state index in [-0.39, 0.29) is 6.61 Å². The molecule has 0 aromatic carbocycles. The van der Waals surface area contributed by atoms with Crippen LogP contribution in [0.4, 0.5) is 13.2 Å². The van der Waals surface area contributed by atoms with Crippen LogP contribution in [0.1, 0.15) is 5.76 Å². The molecule has 0 radical (unpaired) electrons. The number of hydrogen-bond donors (Lipinski definition) is 2. The van der Waals surface area contributed by atoms with E-state index >= 15 is 0 Å². The maximum atomic E-state index is 11.8. The second-order valence-electron chi connectivity index (χ2n) is 3.28. The normalized spacial score (nSPS) is 14.0. The van der Waals surface area contributed by atoms with E-state index in [1.165, 1.54) is 6.26 Å². The first-order chi connectivity index (χ1) is 7.51. The standard InChI is InChI=1S/C9H13F3N2O2/c10-9(11,12)6-15-5-7(14-13)4-8-2-1-3-16-8/h1-3,7,14H,4-6,13H2. The summed E-state index contributed by atoms with van der Waals surface area (Å²) in [6, 6.07) is 3.00. The smallest absolute Gasteiger partial charge is 0.411 e. The van der Waals surface area contributed by atoms with Crippen LogP contribution in [0.2, 0.25) is 0 Å². The quantitative estimate of drug-likeness (QED) is 0.578. The predicted molar refractivity (Wildman–Crippen MR) is 50.4 cm³/mol. The average molecular weight is 238 g/mol. The summed E-state index contributed by atoms with van der Waals surface area (Å²) in [5.41, 5.74) is 2.37. The van der Waals surface area contributed by atoms with Crippen molar-refractivity contribution in [3.8, 4) is 0 Å². The molecule has 1 rings (SSSR count). The number of hydrogen-bond acceptors (Lipinski definition) is 4. The molecule has 1 aromatic heterocycles. The zero-order valence-corrected chi connectivity index (χ0v) is 8.46. The molecule has 1 unspecified atom stereocenters. The summed E-state index contributed by atoms with van der Waals surface area (Å²) in [4.78, 5) is 0. The summed E-state index contributed by atoms with van der Waals surface area (Å²) in [7, 11) is 0. The summed E-state index contributed by atoms with van der Waals surface area (Å²) < 4.78 is 44.9. The van der Waals surface area contributed by atoms with E-state index in [4.69, 9.17) is 10.3 Å². The molecular formula is C9H13F3N2O2. The van der Waals surface area contributed by atoms with Crippen molar-refractivity contribution in [1.29, 1.82) is 0 Å². The third-order valence-corrected chi connectivity index (χ3v) is 1.85. The van der Waals surface area contributed by atoms with Gasteiger partial charge in [0.25, 0.3) is 0 Å². The Bertz CT molecular complexity index is 287. The molecule has 1 aromatic rings. The zero-order valence-electron chi connectivity index (χ0n) is 8.46. The average Bonchev–Trinajstić information content (AvgIpc) is 2.67. The van der Waals surface area contributed by atoms with E-state index < -0.39 is 18.8 Å². The maximum Gasteiger partial charge on any atom is 0.411 e. The Hall–Kier alpha value is -1.05. The van der Waals surface area contributed by atoms with Crippen molar-refractivity contribution in [2.24, 2.45) is 5.84 Å². The van der Waals surface area contributed by atoms with Crippen LogP contribution in [-0.2, 0) is 11.2 Å². The van der Waals surface area contributed by atoms with Crippen molar-refractivity contribution < 1.29 is 22.3 Å². The molecule has 0 fully saturated rings. The lowest BCUT2D eigenvalue weighted by Gasteiger charge is -2.15. The number of nitrogens with two attached hydrogens (primary N) is 1. The monoisotopic (exact) mass is 238 g/mol. The van der Waals surface area contributed by atoms with E-state index in [0.717, 1.165) is 0 Å². The van der Waals surface area contributed by atoms with Crippen molar-refractivity contribution in [1.82, 2.24) is 5.43 Å². The number of ether oxygens (including phenoxy) is 1. The van der Waals surface area contributed by atoms with Crippen molar-refractivity contribution in [3.63, 3.8) is 0 Å². The topological polar surface area (TPSA) is 60.4 Å². The number of alkyl halides is 3. The van der Waals surface area contributed by atoms with E-state index in [1.807, 2.05) is 0 Å². The molecule has 4 nitrogen and oxygen atoms in total. The number of nitrogens with one attached hydrogen (secondary N) is 1. The third kappa shape index (κ3) is 5.15. The highest BCUT2D eigenvalue weighted by Crippen LogP contribution is 2.14. The van der Waals surface area contributed by atoms with Gasteiger partial charge in [0.2, 0.25) is 0 Å². The highest BCUT2D eigenvalue weighted by molar-refractivity contribution is 5.00. The van der Waals surface area contributed by atoms with Crippen LogP contribution in [0.25, 0.3) is 0 Å². The van der Waals surface area contributed by atoms with Crippen LogP contribution in [0.15, 0.2) is 22.8 Å². The molecule has 92 valence electrons. The summed E-state index contributed by atoms with van der Waals surface area (Å²) in [5.74, 6) is 5.82. The van der Waals surface area contributed by atoms with Gasteiger partial charge in [-0.1, -0.05) is 0 Å². The summed E-state index contributed by atoms with van der Waals surface area (Å²) in [6.07, 6.45) is -2.45. The lowest BCUT2D eigenvalue weighted by atomic mass is 10.2. The first-order valence-corrected chi connectivity index (χ1v) is 4.64. The third-order valence-electron chi connectivity index (χ3n) is 1.85. The fraction of sp³-hybridized carbons (Fsp3) is 0.556. The van der Waals surface area contributed by atoms with Crippen LogP contribution in [0.3, 0.4) is 0 Å². The lowest BCUT2D eigenvalue weighted by molar-refractivity contribution is -0.175. The Labute approximate surface area is 90.5 Å². The minimum Gasteiger partial charge on any atom is -0.469 e. The first kappa shape index (κ1) is 13.0. The molecule has 3 N–H and O–H groups in total. The molecule has 0 aliphatic carbocycles. The molecule has 0 saturated heterocycles. The lowest BCUT2D eigenvalue weighted by Crippen LogP contribution is -2.41. The van der Waals surface area contributed by atoms with Gasteiger partial charge in [0.15, 0.2) is 0 Å². The molecule has 0 amide bonds. The fourth-order valence-electron chi connectivity index (χ4n) is 1.15. The number of halogens is 3. The van der Waals surface area contributed by atoms with Crippen molar-refractivity contribution >= 4 is 0 Å². The Morgan fingerprint density at radius 2 is 2.25 bits per heavy atom. The van der Waals surface area contributed by atoms with Gasteiger partial charge in [-0.25, -0.2) is 0 Å². The van der Waals surface area contributed by atoms with Crippen molar-refractivity contribution in [2.45, 2.75) is 18.6 Å². The van der Waals surface area contributed by atoms with Crippen LogP contribution >= 0.6 is 0 Å². The van der Waals surface area contributed by atoms with Gasteiger partial charge in [0.1, 0.15) is 12.4 Å². The highest BCUT2D eigenvalue weighted by atomic mass is 19.4. The van der Waals surface area contributed by atoms with Gasteiger partial charge in [0, 0.05) is 6.42 Å². The van der Waals surface area contributed by atoms with Gasteiger partial charge < -0.3 is 9.15 Å². The molecule has 1 heterocycles. The minimum absolute atomic E-state index is 0.128. The van der Waals surface area contributed by atoms with Gasteiger partial charge in [-0.2, -0.15) is 13.2 Å². The van der Waals surface area contributed by atoms with Crippen molar-refractivity contribution in [3.05, 3.63) is 24.2 Å². The predicted octanol–water partition coefficient (Wildman–Crippen LogP) is 1.23. The molecule has 7 heteroatoms. The molecule has 0 spiro atoms. The maximum absolute atomic E-state index is 11.8. The largest absolute Gasteiger partial charge is 0.469 e. The Balaban J connectivity index is 2.27. The van der Waals surface area contributed by atoms with Gasteiger partial charge in [-0.15, -0.1) is 0 Å². The Morgan fingerprint density at radius 1 is 1.50 bits per heavy atom. The van der Waals surface area contributed by atoms with Gasteiger partial charge >= 0.3 is 6.18 Å². The fourth-order valence-corrected chi connectivity index (χ4v) is 1.15. The minimum atomic E-state index is -4.32. The molecule has 0 saturated carbocycles. The molecule has 0 aliphatic heterocycles. The second-order valence-corrected chi connectivity index (χ2v) is 3.28. The first-order valence-electron chi connectivity index (χ1n) is 4.64. The molecule has 0 bridgehead atoms. The molecule has 0 aliphatic rings. The highest BCUT2D eigenvalue weighted by Gasteiger charge is 2.27. The van der Waals surface area contributed by atoms with Gasteiger partial charge in [-0.05, 0) is 12.1 Å². The zero-order chi connectivity index (χ0) is 12.0. The number of rotatable bonds is 6. The van der Waals surface area contributed by atoms with E-state index in [1.54, 1.807) is 12.1 Å². The van der Waals surface area contributed by atoms with Gasteiger partial charge in [-0.3, -0.25) is 11.3 Å². The summed E-state index contributed by atoms with van der Waals surface area (Å²) >= 11 is 0. The van der Waals surface area contributed by atoms with Crippen LogP contribution in [0, 0.1) is 0 Å². The number of furan rings is 1. The second kappa shape index (κ2) is 5.88. The molecule has 16 heavy (non-hydrogen) atoms. The van der Waals surface area contributed by atoms with Crippen molar-refractivity contribution in [2.75, 3.05) is 13.2 Å².